The number of ether oxygens (including phenoxy) is 1. The Balaban J connectivity index is 1.83. The van der Waals surface area contributed by atoms with E-state index >= 15 is 0 Å². The number of anilines is 2. The lowest BCUT2D eigenvalue weighted by Crippen LogP contribution is -2.53. The third-order valence-corrected chi connectivity index (χ3v) is 5.23. The Bertz CT molecular complexity index is 991. The van der Waals surface area contributed by atoms with E-state index in [9.17, 15) is 22.4 Å². The first-order valence-electron chi connectivity index (χ1n) is 9.44. The number of nitrogens with zero attached hydrogens (tertiary/aromatic N) is 6. The number of aryl methyl sites for hydroxylation is 1. The van der Waals surface area contributed by atoms with Gasteiger partial charge < -0.3 is 19.1 Å². The van der Waals surface area contributed by atoms with Gasteiger partial charge in [-0.15, -0.1) is 0 Å². The van der Waals surface area contributed by atoms with E-state index in [2.05, 4.69) is 15.1 Å². The highest BCUT2D eigenvalue weighted by Gasteiger charge is 2.47. The molecule has 2 aromatic heterocycles. The van der Waals surface area contributed by atoms with Crippen LogP contribution in [0.15, 0.2) is 9.32 Å². The third-order valence-electron chi connectivity index (χ3n) is 5.23. The van der Waals surface area contributed by atoms with Crippen LogP contribution < -0.4 is 15.4 Å². The van der Waals surface area contributed by atoms with E-state index in [4.69, 9.17) is 9.26 Å². The first kappa shape index (κ1) is 20.6. The van der Waals surface area contributed by atoms with Crippen LogP contribution in [0.5, 0.6) is 0 Å². The number of hydrogen-bond acceptors (Lipinski definition) is 8. The van der Waals surface area contributed by atoms with Gasteiger partial charge in [0.05, 0.1) is 25.8 Å². The predicted molar refractivity (Wildman–Crippen MR) is 95.8 cm³/mol. The van der Waals surface area contributed by atoms with Crippen molar-refractivity contribution in [1.29, 1.82) is 0 Å². The maximum atomic E-state index is 14.9. The van der Waals surface area contributed by atoms with Gasteiger partial charge in [0.15, 0.2) is 11.6 Å². The van der Waals surface area contributed by atoms with E-state index in [1.165, 1.54) is 11.8 Å². The number of aromatic nitrogens is 4. The standard InChI is InChI=1S/C17H20F4N6O3/c1-9-8-29-6-5-25(9)14-13(18)15(28)26-4-3-11(17(19,20)21)27(16(26)23-14)7-12-22-10(2)30-24-12/h9,11H,3-8H2,1-2H3/t9-,11+/m1/s1. The molecule has 164 valence electrons. The van der Waals surface area contributed by atoms with E-state index in [-0.39, 0.29) is 49.2 Å². The summed E-state index contributed by atoms with van der Waals surface area (Å²) in [6.07, 6.45) is -5.02. The van der Waals surface area contributed by atoms with Crippen molar-refractivity contribution in [2.75, 3.05) is 29.6 Å². The molecule has 0 N–H and O–H groups in total. The summed E-state index contributed by atoms with van der Waals surface area (Å²) in [5.74, 6) is -1.44. The summed E-state index contributed by atoms with van der Waals surface area (Å²) >= 11 is 0. The molecular weight excluding hydrogens is 412 g/mol. The van der Waals surface area contributed by atoms with E-state index in [1.54, 1.807) is 6.92 Å². The molecule has 0 radical (unpaired) electrons. The third kappa shape index (κ3) is 3.61. The number of hydrogen-bond donors (Lipinski definition) is 0. The van der Waals surface area contributed by atoms with Gasteiger partial charge in [-0.25, -0.2) is 0 Å². The van der Waals surface area contributed by atoms with Gasteiger partial charge >= 0.3 is 6.18 Å². The van der Waals surface area contributed by atoms with Crippen molar-refractivity contribution in [3.63, 3.8) is 0 Å². The van der Waals surface area contributed by atoms with E-state index in [0.29, 0.717) is 6.61 Å². The molecule has 9 nitrogen and oxygen atoms in total. The van der Waals surface area contributed by atoms with Gasteiger partial charge in [-0.2, -0.15) is 27.5 Å². The second kappa shape index (κ2) is 7.52. The van der Waals surface area contributed by atoms with Gasteiger partial charge in [0.2, 0.25) is 17.7 Å². The summed E-state index contributed by atoms with van der Waals surface area (Å²) < 4.78 is 67.3. The fraction of sp³-hybridized carbons (Fsp3) is 0.647. The van der Waals surface area contributed by atoms with E-state index in [1.807, 2.05) is 0 Å². The quantitative estimate of drug-likeness (QED) is 0.677. The molecule has 0 amide bonds. The molecule has 0 saturated carbocycles. The van der Waals surface area contributed by atoms with Crippen LogP contribution in [0, 0.1) is 12.7 Å². The topological polar surface area (TPSA) is 89.5 Å². The molecule has 0 aromatic carbocycles. The van der Waals surface area contributed by atoms with Crippen molar-refractivity contribution < 1.29 is 26.8 Å². The fourth-order valence-electron chi connectivity index (χ4n) is 3.79. The zero-order valence-electron chi connectivity index (χ0n) is 16.3. The molecule has 2 aliphatic heterocycles. The summed E-state index contributed by atoms with van der Waals surface area (Å²) in [4.78, 5) is 23.3. The van der Waals surface area contributed by atoms with Crippen LogP contribution in [0.3, 0.4) is 0 Å². The minimum absolute atomic E-state index is 0.00932. The number of rotatable bonds is 3. The monoisotopic (exact) mass is 432 g/mol. The Labute approximate surface area is 168 Å². The van der Waals surface area contributed by atoms with Gasteiger partial charge in [-0.05, 0) is 13.3 Å². The lowest BCUT2D eigenvalue weighted by Gasteiger charge is -2.40. The largest absolute Gasteiger partial charge is 0.408 e. The molecule has 2 aliphatic rings. The highest BCUT2D eigenvalue weighted by atomic mass is 19.4. The van der Waals surface area contributed by atoms with Crippen LogP contribution in [-0.4, -0.2) is 57.7 Å². The molecule has 13 heteroatoms. The van der Waals surface area contributed by atoms with Crippen molar-refractivity contribution >= 4 is 11.8 Å². The number of morpholine rings is 1. The van der Waals surface area contributed by atoms with Crippen molar-refractivity contribution in [3.05, 3.63) is 27.9 Å². The second-order valence-electron chi connectivity index (χ2n) is 7.33. The number of halogens is 4. The Kier molecular flexibility index (Phi) is 5.16. The SMILES string of the molecule is Cc1nc(CN2c3nc(N4CCOC[C@H]4C)c(F)c(=O)n3CC[C@H]2C(F)(F)F)no1. The molecule has 0 spiro atoms. The Morgan fingerprint density at radius 1 is 1.23 bits per heavy atom. The molecular formula is C17H20F4N6O3. The highest BCUT2D eigenvalue weighted by molar-refractivity contribution is 5.48. The molecule has 0 unspecified atom stereocenters. The van der Waals surface area contributed by atoms with Crippen molar-refractivity contribution in [2.45, 2.75) is 51.6 Å². The molecule has 1 fully saturated rings. The number of alkyl halides is 3. The average molecular weight is 432 g/mol. The van der Waals surface area contributed by atoms with Crippen LogP contribution in [0.4, 0.5) is 29.3 Å². The Morgan fingerprint density at radius 3 is 2.63 bits per heavy atom. The predicted octanol–water partition coefficient (Wildman–Crippen LogP) is 1.64. The first-order chi connectivity index (χ1) is 14.2. The molecule has 0 bridgehead atoms. The maximum Gasteiger partial charge on any atom is 0.408 e. The zero-order chi connectivity index (χ0) is 21.6. The van der Waals surface area contributed by atoms with E-state index in [0.717, 1.165) is 9.47 Å². The van der Waals surface area contributed by atoms with Gasteiger partial charge in [0, 0.05) is 20.0 Å². The number of fused-ring (bicyclic) bond motifs is 1. The summed E-state index contributed by atoms with van der Waals surface area (Å²) in [7, 11) is 0. The van der Waals surface area contributed by atoms with Gasteiger partial charge in [-0.1, -0.05) is 5.16 Å². The van der Waals surface area contributed by atoms with Crippen molar-refractivity contribution in [1.82, 2.24) is 19.7 Å². The normalized spacial score (nSPS) is 22.3. The van der Waals surface area contributed by atoms with Crippen LogP contribution >= 0.6 is 0 Å². The molecule has 0 aliphatic carbocycles. The van der Waals surface area contributed by atoms with Crippen LogP contribution in [0.25, 0.3) is 0 Å². The van der Waals surface area contributed by atoms with E-state index < -0.39 is 36.6 Å². The van der Waals surface area contributed by atoms with Crippen LogP contribution in [0.1, 0.15) is 25.1 Å². The second-order valence-corrected chi connectivity index (χ2v) is 7.33. The summed E-state index contributed by atoms with van der Waals surface area (Å²) in [6.45, 7) is 3.42. The summed E-state index contributed by atoms with van der Waals surface area (Å²) in [5.41, 5.74) is -1.01. The van der Waals surface area contributed by atoms with Gasteiger partial charge in [-0.3, -0.25) is 9.36 Å². The summed E-state index contributed by atoms with van der Waals surface area (Å²) in [6, 6.07) is -2.22. The lowest BCUT2D eigenvalue weighted by molar-refractivity contribution is -0.153. The molecule has 30 heavy (non-hydrogen) atoms. The van der Waals surface area contributed by atoms with Crippen LogP contribution in [0.2, 0.25) is 0 Å². The van der Waals surface area contributed by atoms with Gasteiger partial charge in [0.1, 0.15) is 6.04 Å². The first-order valence-corrected chi connectivity index (χ1v) is 9.44. The molecule has 4 rings (SSSR count). The zero-order valence-corrected chi connectivity index (χ0v) is 16.3. The summed E-state index contributed by atoms with van der Waals surface area (Å²) in [5, 5.41) is 3.65. The Morgan fingerprint density at radius 2 is 2.00 bits per heavy atom. The lowest BCUT2D eigenvalue weighted by atomic mass is 10.1. The van der Waals surface area contributed by atoms with Crippen molar-refractivity contribution in [2.24, 2.45) is 0 Å². The molecule has 2 atom stereocenters. The average Bonchev–Trinajstić information content (AvgIpc) is 3.09. The molecule has 2 aromatic rings. The van der Waals surface area contributed by atoms with Crippen LogP contribution in [-0.2, 0) is 17.8 Å². The smallest absolute Gasteiger partial charge is 0.377 e. The van der Waals surface area contributed by atoms with Gasteiger partial charge in [0.25, 0.3) is 5.56 Å². The molecule has 4 heterocycles. The fourth-order valence-corrected chi connectivity index (χ4v) is 3.79. The Hall–Kier alpha value is -2.70. The molecule has 1 saturated heterocycles. The van der Waals surface area contributed by atoms with Crippen molar-refractivity contribution in [3.8, 4) is 0 Å². The minimum Gasteiger partial charge on any atom is -0.377 e. The highest BCUT2D eigenvalue weighted by Crippen LogP contribution is 2.35. The minimum atomic E-state index is -4.59. The maximum absolute atomic E-state index is 14.9.